The lowest BCUT2D eigenvalue weighted by Gasteiger charge is -2.19. The standard InChI is InChI=1S/C15H23BrN2O2/c1-5-6-10(2)17-15(19)11(3)18-12-7-8-13(16)14(9-12)20-4/h7-11,18H,5-6H2,1-4H3,(H,17,19). The van der Waals surface area contributed by atoms with Crippen LogP contribution in [-0.4, -0.2) is 25.1 Å². The number of amides is 1. The van der Waals surface area contributed by atoms with Crippen molar-refractivity contribution in [3.63, 3.8) is 0 Å². The molecule has 0 fully saturated rings. The van der Waals surface area contributed by atoms with Crippen molar-refractivity contribution in [1.82, 2.24) is 5.32 Å². The molecule has 2 atom stereocenters. The van der Waals surface area contributed by atoms with Crippen molar-refractivity contribution < 1.29 is 9.53 Å². The predicted octanol–water partition coefficient (Wildman–Crippen LogP) is 3.56. The molecule has 1 rings (SSSR count). The second-order valence-corrected chi connectivity index (χ2v) is 5.77. The highest BCUT2D eigenvalue weighted by Gasteiger charge is 2.15. The molecule has 1 aromatic rings. The monoisotopic (exact) mass is 342 g/mol. The number of rotatable bonds is 7. The van der Waals surface area contributed by atoms with Crippen LogP contribution in [0.4, 0.5) is 5.69 Å². The van der Waals surface area contributed by atoms with Gasteiger partial charge in [0.2, 0.25) is 5.91 Å². The van der Waals surface area contributed by atoms with Crippen LogP contribution in [0.25, 0.3) is 0 Å². The van der Waals surface area contributed by atoms with Gasteiger partial charge in [-0.15, -0.1) is 0 Å². The Hall–Kier alpha value is -1.23. The number of benzene rings is 1. The van der Waals surface area contributed by atoms with Crippen molar-refractivity contribution >= 4 is 27.5 Å². The van der Waals surface area contributed by atoms with E-state index in [2.05, 4.69) is 33.5 Å². The van der Waals surface area contributed by atoms with E-state index < -0.39 is 0 Å². The zero-order valence-corrected chi connectivity index (χ0v) is 14.1. The van der Waals surface area contributed by atoms with Crippen molar-refractivity contribution in [3.05, 3.63) is 22.7 Å². The quantitative estimate of drug-likeness (QED) is 0.796. The maximum absolute atomic E-state index is 12.0. The maximum atomic E-state index is 12.0. The maximum Gasteiger partial charge on any atom is 0.242 e. The van der Waals surface area contributed by atoms with E-state index in [1.807, 2.05) is 32.0 Å². The first-order valence-corrected chi connectivity index (χ1v) is 7.67. The second kappa shape index (κ2) is 8.15. The molecular formula is C15H23BrN2O2. The van der Waals surface area contributed by atoms with Gasteiger partial charge in [-0.25, -0.2) is 0 Å². The minimum atomic E-state index is -0.291. The molecule has 20 heavy (non-hydrogen) atoms. The molecule has 0 aliphatic carbocycles. The third kappa shape index (κ3) is 5.04. The van der Waals surface area contributed by atoms with Gasteiger partial charge in [0, 0.05) is 17.8 Å². The lowest BCUT2D eigenvalue weighted by molar-refractivity contribution is -0.122. The summed E-state index contributed by atoms with van der Waals surface area (Å²) in [5, 5.41) is 6.18. The van der Waals surface area contributed by atoms with E-state index in [1.165, 1.54) is 0 Å². The summed E-state index contributed by atoms with van der Waals surface area (Å²) in [6, 6.07) is 5.58. The van der Waals surface area contributed by atoms with Crippen molar-refractivity contribution in [1.29, 1.82) is 0 Å². The van der Waals surface area contributed by atoms with Crippen LogP contribution in [0.5, 0.6) is 5.75 Å². The van der Waals surface area contributed by atoms with Gasteiger partial charge < -0.3 is 15.4 Å². The first-order valence-electron chi connectivity index (χ1n) is 6.88. The number of nitrogens with one attached hydrogen (secondary N) is 2. The van der Waals surface area contributed by atoms with E-state index >= 15 is 0 Å². The topological polar surface area (TPSA) is 50.4 Å². The van der Waals surface area contributed by atoms with E-state index in [-0.39, 0.29) is 18.0 Å². The SMILES string of the molecule is CCCC(C)NC(=O)C(C)Nc1ccc(Br)c(OC)c1. The molecule has 0 aromatic heterocycles. The molecule has 0 aliphatic heterocycles. The average Bonchev–Trinajstić information content (AvgIpc) is 2.41. The van der Waals surface area contributed by atoms with Crippen molar-refractivity contribution in [3.8, 4) is 5.75 Å². The van der Waals surface area contributed by atoms with Gasteiger partial charge in [-0.1, -0.05) is 13.3 Å². The highest BCUT2D eigenvalue weighted by Crippen LogP contribution is 2.28. The molecule has 0 radical (unpaired) electrons. The van der Waals surface area contributed by atoms with Crippen LogP contribution >= 0.6 is 15.9 Å². The Morgan fingerprint density at radius 2 is 2.10 bits per heavy atom. The smallest absolute Gasteiger partial charge is 0.242 e. The molecule has 2 N–H and O–H groups in total. The van der Waals surface area contributed by atoms with Gasteiger partial charge in [0.25, 0.3) is 0 Å². The fourth-order valence-corrected chi connectivity index (χ4v) is 2.35. The molecule has 1 aromatic carbocycles. The van der Waals surface area contributed by atoms with Crippen molar-refractivity contribution in [2.24, 2.45) is 0 Å². The summed E-state index contributed by atoms with van der Waals surface area (Å²) in [6.07, 6.45) is 2.05. The van der Waals surface area contributed by atoms with Crippen LogP contribution in [0.15, 0.2) is 22.7 Å². The highest BCUT2D eigenvalue weighted by atomic mass is 79.9. The largest absolute Gasteiger partial charge is 0.495 e. The Kier molecular flexibility index (Phi) is 6.85. The molecular weight excluding hydrogens is 320 g/mol. The summed E-state index contributed by atoms with van der Waals surface area (Å²) in [6.45, 7) is 5.98. The van der Waals surface area contributed by atoms with E-state index in [4.69, 9.17) is 4.74 Å². The first kappa shape index (κ1) is 16.8. The number of methoxy groups -OCH3 is 1. The fourth-order valence-electron chi connectivity index (χ4n) is 1.94. The van der Waals surface area contributed by atoms with E-state index in [0.717, 1.165) is 28.8 Å². The molecule has 0 bridgehead atoms. The van der Waals surface area contributed by atoms with Gasteiger partial charge in [0.15, 0.2) is 0 Å². The zero-order valence-electron chi connectivity index (χ0n) is 12.5. The zero-order chi connectivity index (χ0) is 15.1. The molecule has 0 aliphatic rings. The average molecular weight is 343 g/mol. The van der Waals surface area contributed by atoms with Crippen LogP contribution in [-0.2, 0) is 4.79 Å². The van der Waals surface area contributed by atoms with E-state index in [1.54, 1.807) is 7.11 Å². The van der Waals surface area contributed by atoms with Crippen molar-refractivity contribution in [2.45, 2.75) is 45.7 Å². The van der Waals surface area contributed by atoms with Crippen LogP contribution in [0, 0.1) is 0 Å². The molecule has 2 unspecified atom stereocenters. The summed E-state index contributed by atoms with van der Waals surface area (Å²) in [4.78, 5) is 12.0. The molecule has 5 heteroatoms. The minimum absolute atomic E-state index is 0.00726. The number of halogens is 1. The second-order valence-electron chi connectivity index (χ2n) is 4.91. The Morgan fingerprint density at radius 1 is 1.40 bits per heavy atom. The van der Waals surface area contributed by atoms with Crippen LogP contribution in [0.1, 0.15) is 33.6 Å². The van der Waals surface area contributed by atoms with Gasteiger partial charge >= 0.3 is 0 Å². The number of hydrogen-bond donors (Lipinski definition) is 2. The van der Waals surface area contributed by atoms with E-state index in [0.29, 0.717) is 0 Å². The van der Waals surface area contributed by atoms with Crippen molar-refractivity contribution in [2.75, 3.05) is 12.4 Å². The minimum Gasteiger partial charge on any atom is -0.495 e. The van der Waals surface area contributed by atoms with Gasteiger partial charge in [-0.3, -0.25) is 4.79 Å². The Bertz CT molecular complexity index is 451. The number of carbonyl (C=O) groups is 1. The molecule has 0 saturated heterocycles. The molecule has 0 saturated carbocycles. The summed E-state index contributed by atoms with van der Waals surface area (Å²) in [5.41, 5.74) is 0.857. The third-order valence-corrected chi connectivity index (χ3v) is 3.69. The normalized spacial score (nSPS) is 13.4. The van der Waals surface area contributed by atoms with Gasteiger partial charge in [-0.2, -0.15) is 0 Å². The van der Waals surface area contributed by atoms with Gasteiger partial charge in [0.1, 0.15) is 11.8 Å². The van der Waals surface area contributed by atoms with Gasteiger partial charge in [0.05, 0.1) is 11.6 Å². The fraction of sp³-hybridized carbons (Fsp3) is 0.533. The molecule has 112 valence electrons. The number of carbonyl (C=O) groups excluding carboxylic acids is 1. The Morgan fingerprint density at radius 3 is 2.70 bits per heavy atom. The third-order valence-electron chi connectivity index (χ3n) is 3.04. The lowest BCUT2D eigenvalue weighted by Crippen LogP contribution is -2.42. The summed E-state index contributed by atoms with van der Waals surface area (Å²) >= 11 is 3.40. The Balaban J connectivity index is 2.61. The highest BCUT2D eigenvalue weighted by molar-refractivity contribution is 9.10. The number of anilines is 1. The first-order chi connectivity index (χ1) is 9.47. The van der Waals surface area contributed by atoms with Crippen LogP contribution in [0.3, 0.4) is 0 Å². The molecule has 1 amide bonds. The van der Waals surface area contributed by atoms with Crippen LogP contribution < -0.4 is 15.4 Å². The predicted molar refractivity (Wildman–Crippen MR) is 86.3 cm³/mol. The van der Waals surface area contributed by atoms with E-state index in [9.17, 15) is 4.79 Å². The number of ether oxygens (including phenoxy) is 1. The molecule has 4 nitrogen and oxygen atoms in total. The Labute approximate surface area is 129 Å². The molecule has 0 heterocycles. The number of hydrogen-bond acceptors (Lipinski definition) is 3. The molecule has 0 spiro atoms. The summed E-state index contributed by atoms with van der Waals surface area (Å²) in [5.74, 6) is 0.745. The van der Waals surface area contributed by atoms with Gasteiger partial charge in [-0.05, 0) is 48.3 Å². The summed E-state index contributed by atoms with van der Waals surface area (Å²) in [7, 11) is 1.62. The van der Waals surface area contributed by atoms with Crippen LogP contribution in [0.2, 0.25) is 0 Å². The summed E-state index contributed by atoms with van der Waals surface area (Å²) < 4.78 is 6.12. The lowest BCUT2D eigenvalue weighted by atomic mass is 10.2.